The summed E-state index contributed by atoms with van der Waals surface area (Å²) < 4.78 is 0. The van der Waals surface area contributed by atoms with Gasteiger partial charge in [-0.25, -0.2) is 0 Å². The Kier molecular flexibility index (Phi) is 4.64. The van der Waals surface area contributed by atoms with E-state index in [1.807, 2.05) is 7.05 Å². The molecule has 0 fully saturated rings. The predicted molar refractivity (Wildman–Crippen MR) is 94.0 cm³/mol. The van der Waals surface area contributed by atoms with Crippen molar-refractivity contribution in [2.75, 3.05) is 29.9 Å². The molecule has 2 aromatic carbocycles. The van der Waals surface area contributed by atoms with Gasteiger partial charge >= 0.3 is 0 Å². The molecule has 1 N–H and O–H groups in total. The lowest BCUT2D eigenvalue weighted by Gasteiger charge is -2.30. The molecule has 115 valence electrons. The summed E-state index contributed by atoms with van der Waals surface area (Å²) in [4.78, 5) is 4.75. The van der Waals surface area contributed by atoms with Crippen LogP contribution in [0.2, 0.25) is 0 Å². The molecule has 3 rings (SSSR count). The molecule has 0 unspecified atom stereocenters. The van der Waals surface area contributed by atoms with Gasteiger partial charge in [0.25, 0.3) is 0 Å². The third-order valence-corrected chi connectivity index (χ3v) is 4.26. The van der Waals surface area contributed by atoms with E-state index in [4.69, 9.17) is 0 Å². The van der Waals surface area contributed by atoms with Crippen LogP contribution in [0.5, 0.6) is 0 Å². The number of hydrogen-bond acceptors (Lipinski definition) is 3. The van der Waals surface area contributed by atoms with Crippen molar-refractivity contribution in [2.45, 2.75) is 19.4 Å². The molecule has 1 heterocycles. The lowest BCUT2D eigenvalue weighted by Crippen LogP contribution is -2.30. The average Bonchev–Trinajstić information content (AvgIpc) is 2.95. The monoisotopic (exact) mass is 294 g/mol. The van der Waals surface area contributed by atoms with Crippen molar-refractivity contribution in [3.05, 3.63) is 66.8 Å². The Hall–Kier alpha value is -2.00. The molecule has 3 heteroatoms. The minimum absolute atomic E-state index is 0.353. The van der Waals surface area contributed by atoms with Crippen molar-refractivity contribution in [3.8, 4) is 0 Å². The van der Waals surface area contributed by atoms with Gasteiger partial charge in [0, 0.05) is 6.54 Å². The molecule has 0 aromatic heterocycles. The minimum atomic E-state index is 0.353. The summed E-state index contributed by atoms with van der Waals surface area (Å²) in [5.41, 5.74) is 3.96. The van der Waals surface area contributed by atoms with Crippen molar-refractivity contribution < 1.29 is 0 Å². The molecule has 1 atom stereocenters. The Labute approximate surface area is 133 Å². The summed E-state index contributed by atoms with van der Waals surface area (Å²) >= 11 is 0. The number of nitrogens with zero attached hydrogens (tertiary/aromatic N) is 2. The van der Waals surface area contributed by atoms with Gasteiger partial charge in [-0.05, 0) is 44.6 Å². The van der Waals surface area contributed by atoms with Crippen molar-refractivity contribution in [1.29, 1.82) is 0 Å². The largest absolute Gasteiger partial charge is 0.346 e. The summed E-state index contributed by atoms with van der Waals surface area (Å²) in [6.45, 7) is 6.44. The Morgan fingerprint density at radius 3 is 2.32 bits per heavy atom. The van der Waals surface area contributed by atoms with Gasteiger partial charge in [-0.15, -0.1) is 0 Å². The fourth-order valence-electron chi connectivity index (χ4n) is 3.12. The van der Waals surface area contributed by atoms with Gasteiger partial charge in [-0.2, -0.15) is 0 Å². The van der Waals surface area contributed by atoms with E-state index < -0.39 is 0 Å². The normalized spacial score (nSPS) is 15.0. The van der Waals surface area contributed by atoms with Gasteiger partial charge in [0.15, 0.2) is 0 Å². The Morgan fingerprint density at radius 2 is 1.64 bits per heavy atom. The van der Waals surface area contributed by atoms with Crippen LogP contribution in [0.4, 0.5) is 11.4 Å². The number of rotatable bonds is 6. The molecule has 0 aliphatic carbocycles. The standard InChI is InChI=1S/C19H24N3/c1-3-21-15-22(19-12-8-7-11-18(19)21)17(13-14-20-2)16-9-5-4-6-10-16/h4-12,15,17,20H,3,13-14H2,1-2H3/t17-/m1/s1. The third-order valence-electron chi connectivity index (χ3n) is 4.26. The van der Waals surface area contributed by atoms with Gasteiger partial charge in [0.05, 0.1) is 17.4 Å². The number of para-hydroxylation sites is 2. The zero-order valence-electron chi connectivity index (χ0n) is 13.4. The molecular formula is C19H24N3. The maximum atomic E-state index is 3.29. The molecule has 3 nitrogen and oxygen atoms in total. The van der Waals surface area contributed by atoms with Crippen LogP contribution in [0, 0.1) is 6.67 Å². The van der Waals surface area contributed by atoms with Crippen LogP contribution in [0.3, 0.4) is 0 Å². The Balaban J connectivity index is 1.95. The summed E-state index contributed by atoms with van der Waals surface area (Å²) in [6, 6.07) is 19.8. The maximum Gasteiger partial charge on any atom is 0.142 e. The third kappa shape index (κ3) is 2.81. The lowest BCUT2D eigenvalue weighted by molar-refractivity contribution is 0.586. The second kappa shape index (κ2) is 6.84. The molecule has 0 bridgehead atoms. The van der Waals surface area contributed by atoms with Crippen molar-refractivity contribution in [1.82, 2.24) is 5.32 Å². The summed E-state index contributed by atoms with van der Waals surface area (Å²) in [5.74, 6) is 0. The quantitative estimate of drug-likeness (QED) is 0.874. The Morgan fingerprint density at radius 1 is 0.955 bits per heavy atom. The van der Waals surface area contributed by atoms with Crippen molar-refractivity contribution >= 4 is 11.4 Å². The van der Waals surface area contributed by atoms with Crippen molar-refractivity contribution in [2.24, 2.45) is 0 Å². The number of hydrogen-bond donors (Lipinski definition) is 1. The molecule has 0 spiro atoms. The highest BCUT2D eigenvalue weighted by Gasteiger charge is 2.31. The molecular weight excluding hydrogens is 270 g/mol. The van der Waals surface area contributed by atoms with Crippen LogP contribution in [-0.4, -0.2) is 20.1 Å². The summed E-state index contributed by atoms with van der Waals surface area (Å²) in [5, 5.41) is 3.29. The van der Waals surface area contributed by atoms with Crippen LogP contribution in [0.1, 0.15) is 24.9 Å². The SMILES string of the molecule is CCN1[CH]N([C@H](CCNC)c2ccccc2)c2ccccc21. The molecule has 2 aromatic rings. The first-order valence-corrected chi connectivity index (χ1v) is 8.03. The first-order chi connectivity index (χ1) is 10.8. The zero-order chi connectivity index (χ0) is 15.4. The molecule has 22 heavy (non-hydrogen) atoms. The number of benzene rings is 2. The van der Waals surface area contributed by atoms with E-state index in [2.05, 4.69) is 83.3 Å². The summed E-state index contributed by atoms with van der Waals surface area (Å²) in [7, 11) is 2.02. The van der Waals surface area contributed by atoms with E-state index in [0.717, 1.165) is 19.5 Å². The van der Waals surface area contributed by atoms with Crippen molar-refractivity contribution in [3.63, 3.8) is 0 Å². The van der Waals surface area contributed by atoms with E-state index in [1.165, 1.54) is 16.9 Å². The van der Waals surface area contributed by atoms with Gasteiger partial charge in [0.1, 0.15) is 6.67 Å². The second-order valence-corrected chi connectivity index (χ2v) is 5.62. The molecule has 1 aliphatic heterocycles. The van der Waals surface area contributed by atoms with Crippen LogP contribution < -0.4 is 15.1 Å². The first kappa shape index (κ1) is 14.9. The highest BCUT2D eigenvalue weighted by Crippen LogP contribution is 2.43. The molecule has 0 saturated carbocycles. The second-order valence-electron chi connectivity index (χ2n) is 5.62. The van der Waals surface area contributed by atoms with Crippen LogP contribution in [0.15, 0.2) is 54.6 Å². The maximum absolute atomic E-state index is 3.29. The van der Waals surface area contributed by atoms with E-state index >= 15 is 0 Å². The number of fused-ring (bicyclic) bond motifs is 1. The summed E-state index contributed by atoms with van der Waals surface area (Å²) in [6.07, 6.45) is 1.07. The predicted octanol–water partition coefficient (Wildman–Crippen LogP) is 3.80. The van der Waals surface area contributed by atoms with Crippen LogP contribution in [-0.2, 0) is 0 Å². The molecule has 0 saturated heterocycles. The van der Waals surface area contributed by atoms with Gasteiger partial charge in [-0.1, -0.05) is 42.5 Å². The first-order valence-electron chi connectivity index (χ1n) is 8.03. The fourth-order valence-corrected chi connectivity index (χ4v) is 3.12. The van der Waals surface area contributed by atoms with Crippen LogP contribution in [0.25, 0.3) is 0 Å². The van der Waals surface area contributed by atoms with E-state index in [9.17, 15) is 0 Å². The smallest absolute Gasteiger partial charge is 0.142 e. The fraction of sp³-hybridized carbons (Fsp3) is 0.316. The molecule has 1 radical (unpaired) electrons. The Bertz CT molecular complexity index is 597. The molecule has 1 aliphatic rings. The minimum Gasteiger partial charge on any atom is -0.346 e. The average molecular weight is 294 g/mol. The van der Waals surface area contributed by atoms with E-state index in [-0.39, 0.29) is 0 Å². The van der Waals surface area contributed by atoms with Gasteiger partial charge in [0.2, 0.25) is 0 Å². The van der Waals surface area contributed by atoms with Gasteiger partial charge in [-0.3, -0.25) is 0 Å². The van der Waals surface area contributed by atoms with Gasteiger partial charge < -0.3 is 15.1 Å². The zero-order valence-corrected chi connectivity index (χ0v) is 13.4. The lowest BCUT2D eigenvalue weighted by atomic mass is 10.0. The van der Waals surface area contributed by atoms with Crippen LogP contribution >= 0.6 is 0 Å². The highest BCUT2D eigenvalue weighted by atomic mass is 15.4. The van der Waals surface area contributed by atoms with E-state index in [1.54, 1.807) is 0 Å². The molecule has 0 amide bonds. The highest BCUT2D eigenvalue weighted by molar-refractivity contribution is 5.79. The van der Waals surface area contributed by atoms with E-state index in [0.29, 0.717) is 6.04 Å². The number of anilines is 2. The number of nitrogens with one attached hydrogen (secondary N) is 1. The topological polar surface area (TPSA) is 18.5 Å².